The molecule has 37 heavy (non-hydrogen) atoms. The van der Waals surface area contributed by atoms with Gasteiger partial charge >= 0.3 is 0 Å². The number of hydrogen-bond acceptors (Lipinski definition) is 6. The maximum Gasteiger partial charge on any atom is 0.264 e. The lowest BCUT2D eigenvalue weighted by Gasteiger charge is -2.26. The zero-order valence-electron chi connectivity index (χ0n) is 22.1. The van der Waals surface area contributed by atoms with Gasteiger partial charge < -0.3 is 19.5 Å². The summed E-state index contributed by atoms with van der Waals surface area (Å²) in [4.78, 5) is 13.1. The fourth-order valence-corrected chi connectivity index (χ4v) is 5.54. The zero-order chi connectivity index (χ0) is 27.2. The van der Waals surface area contributed by atoms with Crippen molar-refractivity contribution in [3.05, 3.63) is 77.4 Å². The van der Waals surface area contributed by atoms with Crippen LogP contribution in [0, 0.1) is 13.8 Å². The highest BCUT2D eigenvalue weighted by molar-refractivity contribution is 7.92. The van der Waals surface area contributed by atoms with Crippen LogP contribution in [0.1, 0.15) is 36.6 Å². The van der Waals surface area contributed by atoms with Crippen molar-refractivity contribution < 1.29 is 27.4 Å². The molecule has 0 saturated carbocycles. The van der Waals surface area contributed by atoms with E-state index in [9.17, 15) is 13.2 Å². The molecule has 0 spiro atoms. The van der Waals surface area contributed by atoms with E-state index in [4.69, 9.17) is 14.2 Å². The van der Waals surface area contributed by atoms with E-state index in [1.54, 1.807) is 24.3 Å². The summed E-state index contributed by atoms with van der Waals surface area (Å²) in [5.41, 5.74) is 3.47. The third-order valence-corrected chi connectivity index (χ3v) is 7.71. The number of carbonyl (C=O) groups excluding carboxylic acids is 1. The van der Waals surface area contributed by atoms with Crippen LogP contribution in [0.15, 0.2) is 65.6 Å². The molecule has 0 saturated heterocycles. The van der Waals surface area contributed by atoms with Gasteiger partial charge in [-0.05, 0) is 75.2 Å². The summed E-state index contributed by atoms with van der Waals surface area (Å²) in [6.07, 6.45) is 0. The maximum absolute atomic E-state index is 13.8. The second-order valence-corrected chi connectivity index (χ2v) is 10.5. The van der Waals surface area contributed by atoms with Crippen molar-refractivity contribution in [2.45, 2.75) is 38.6 Å². The summed E-state index contributed by atoms with van der Waals surface area (Å²) < 4.78 is 44.7. The summed E-state index contributed by atoms with van der Waals surface area (Å²) in [5, 5.41) is 2.94. The van der Waals surface area contributed by atoms with Gasteiger partial charge in [-0.3, -0.25) is 9.10 Å². The molecule has 0 aliphatic heterocycles. The van der Waals surface area contributed by atoms with Crippen LogP contribution in [0.25, 0.3) is 0 Å². The summed E-state index contributed by atoms with van der Waals surface area (Å²) in [7, 11) is -1.25. The van der Waals surface area contributed by atoms with Gasteiger partial charge in [-0.25, -0.2) is 8.42 Å². The number of benzene rings is 3. The van der Waals surface area contributed by atoms with Crippen LogP contribution in [0.5, 0.6) is 17.2 Å². The third kappa shape index (κ3) is 6.54. The van der Waals surface area contributed by atoms with Crippen molar-refractivity contribution >= 4 is 21.6 Å². The van der Waals surface area contributed by atoms with Crippen LogP contribution >= 0.6 is 0 Å². The number of nitrogens with one attached hydrogen (secondary N) is 1. The standard InChI is InChI=1S/C28H34N2O6S/c1-7-36-23-11-9-22(10-12-23)30(37(32,33)24-13-15-26(34-5)27(17-24)35-6)18-28(31)29-21(4)25-14-8-19(2)16-20(25)3/h8-17,21H,7,18H2,1-6H3,(H,29,31). The average Bonchev–Trinajstić information content (AvgIpc) is 2.87. The number of nitrogens with zero attached hydrogens (tertiary/aromatic N) is 1. The molecule has 1 unspecified atom stereocenters. The number of anilines is 1. The predicted octanol–water partition coefficient (Wildman–Crippen LogP) is 4.79. The van der Waals surface area contributed by atoms with Gasteiger partial charge in [0.2, 0.25) is 5.91 Å². The number of rotatable bonds is 11. The molecule has 1 N–H and O–H groups in total. The molecule has 1 atom stereocenters. The third-order valence-electron chi connectivity index (χ3n) is 5.94. The van der Waals surface area contributed by atoms with E-state index in [1.165, 1.54) is 32.4 Å². The number of aryl methyl sites for hydroxylation is 2. The van der Waals surface area contributed by atoms with Gasteiger partial charge in [0.15, 0.2) is 11.5 Å². The highest BCUT2D eigenvalue weighted by atomic mass is 32.2. The van der Waals surface area contributed by atoms with Crippen molar-refractivity contribution in [2.75, 3.05) is 31.7 Å². The second-order valence-electron chi connectivity index (χ2n) is 8.60. The minimum absolute atomic E-state index is 0.0331. The van der Waals surface area contributed by atoms with E-state index >= 15 is 0 Å². The van der Waals surface area contributed by atoms with Crippen LogP contribution in [0.2, 0.25) is 0 Å². The molecule has 0 fully saturated rings. The topological polar surface area (TPSA) is 94.2 Å². The monoisotopic (exact) mass is 526 g/mol. The lowest BCUT2D eigenvalue weighted by atomic mass is 10.0. The molecule has 0 aromatic heterocycles. The summed E-state index contributed by atoms with van der Waals surface area (Å²) in [6, 6.07) is 16.6. The minimum Gasteiger partial charge on any atom is -0.494 e. The fourth-order valence-electron chi connectivity index (χ4n) is 4.10. The zero-order valence-corrected chi connectivity index (χ0v) is 22.9. The SMILES string of the molecule is CCOc1ccc(N(CC(=O)NC(C)c2ccc(C)cc2C)S(=O)(=O)c2ccc(OC)c(OC)c2)cc1. The second kappa shape index (κ2) is 12.0. The highest BCUT2D eigenvalue weighted by Crippen LogP contribution is 2.32. The van der Waals surface area contributed by atoms with E-state index < -0.39 is 22.5 Å². The van der Waals surface area contributed by atoms with E-state index in [1.807, 2.05) is 45.9 Å². The molecule has 3 aromatic carbocycles. The molecule has 8 nitrogen and oxygen atoms in total. The van der Waals surface area contributed by atoms with Crippen LogP contribution < -0.4 is 23.8 Å². The smallest absolute Gasteiger partial charge is 0.264 e. The average molecular weight is 527 g/mol. The normalized spacial score (nSPS) is 11.9. The molecular weight excluding hydrogens is 492 g/mol. The van der Waals surface area contributed by atoms with Gasteiger partial charge in [0, 0.05) is 6.07 Å². The summed E-state index contributed by atoms with van der Waals surface area (Å²) >= 11 is 0. The van der Waals surface area contributed by atoms with Gasteiger partial charge in [0.1, 0.15) is 12.3 Å². The maximum atomic E-state index is 13.8. The number of carbonyl (C=O) groups is 1. The Balaban J connectivity index is 1.95. The molecule has 0 aliphatic carbocycles. The van der Waals surface area contributed by atoms with Crippen LogP contribution in [0.3, 0.4) is 0 Å². The van der Waals surface area contributed by atoms with Gasteiger partial charge in [0.25, 0.3) is 10.0 Å². The van der Waals surface area contributed by atoms with Gasteiger partial charge in [-0.2, -0.15) is 0 Å². The first-order valence-electron chi connectivity index (χ1n) is 11.9. The number of ether oxygens (including phenoxy) is 3. The molecular formula is C28H34N2O6S. The first-order valence-corrected chi connectivity index (χ1v) is 13.4. The fraction of sp³-hybridized carbons (Fsp3) is 0.321. The summed E-state index contributed by atoms with van der Waals surface area (Å²) in [5.74, 6) is 0.824. The van der Waals surface area contributed by atoms with Gasteiger partial charge in [-0.15, -0.1) is 0 Å². The molecule has 0 aliphatic rings. The number of amides is 1. The van der Waals surface area contributed by atoms with Crippen molar-refractivity contribution in [3.8, 4) is 17.2 Å². The summed E-state index contributed by atoms with van der Waals surface area (Å²) in [6.45, 7) is 7.79. The Morgan fingerprint density at radius 1 is 0.946 bits per heavy atom. The van der Waals surface area contributed by atoms with Crippen LogP contribution in [0.4, 0.5) is 5.69 Å². The first-order chi connectivity index (χ1) is 17.6. The van der Waals surface area contributed by atoms with Crippen molar-refractivity contribution in [2.24, 2.45) is 0 Å². The van der Waals surface area contributed by atoms with Crippen LogP contribution in [-0.2, 0) is 14.8 Å². The molecule has 0 heterocycles. The molecule has 1 amide bonds. The molecule has 0 radical (unpaired) electrons. The highest BCUT2D eigenvalue weighted by Gasteiger charge is 2.29. The molecule has 198 valence electrons. The van der Waals surface area contributed by atoms with E-state index in [-0.39, 0.29) is 16.7 Å². The predicted molar refractivity (Wildman–Crippen MR) is 144 cm³/mol. The van der Waals surface area contributed by atoms with E-state index in [0.717, 1.165) is 21.0 Å². The molecule has 3 rings (SSSR count). The van der Waals surface area contributed by atoms with Gasteiger partial charge in [-0.1, -0.05) is 23.8 Å². The Hall–Kier alpha value is -3.72. The molecule has 3 aromatic rings. The number of hydrogen-bond donors (Lipinski definition) is 1. The Bertz CT molecular complexity index is 1340. The minimum atomic E-state index is -4.15. The Labute approximate surface area is 219 Å². The van der Waals surface area contributed by atoms with Crippen molar-refractivity contribution in [3.63, 3.8) is 0 Å². The van der Waals surface area contributed by atoms with E-state index in [0.29, 0.717) is 23.8 Å². The largest absolute Gasteiger partial charge is 0.494 e. The van der Waals surface area contributed by atoms with Crippen LogP contribution in [-0.4, -0.2) is 41.7 Å². The lowest BCUT2D eigenvalue weighted by molar-refractivity contribution is -0.120. The Morgan fingerprint density at radius 3 is 2.22 bits per heavy atom. The number of sulfonamides is 1. The Kier molecular flexibility index (Phi) is 9.04. The lowest BCUT2D eigenvalue weighted by Crippen LogP contribution is -2.41. The molecule has 0 bridgehead atoms. The van der Waals surface area contributed by atoms with Crippen molar-refractivity contribution in [1.29, 1.82) is 0 Å². The Morgan fingerprint density at radius 2 is 1.62 bits per heavy atom. The number of methoxy groups -OCH3 is 2. The first kappa shape index (κ1) is 27.9. The van der Waals surface area contributed by atoms with Gasteiger partial charge in [0.05, 0.1) is 37.5 Å². The quantitative estimate of drug-likeness (QED) is 0.386. The molecule has 9 heteroatoms. The van der Waals surface area contributed by atoms with Crippen molar-refractivity contribution in [1.82, 2.24) is 5.32 Å². The van der Waals surface area contributed by atoms with E-state index in [2.05, 4.69) is 5.32 Å².